The van der Waals surface area contributed by atoms with Crippen LogP contribution in [0.15, 0.2) is 28.7 Å². The van der Waals surface area contributed by atoms with Crippen LogP contribution in [0.1, 0.15) is 39.2 Å². The predicted octanol–water partition coefficient (Wildman–Crippen LogP) is 3.94. The van der Waals surface area contributed by atoms with Gasteiger partial charge in [0.2, 0.25) is 0 Å². The van der Waals surface area contributed by atoms with E-state index in [0.29, 0.717) is 5.92 Å². The number of hydrogen-bond acceptors (Lipinski definition) is 1. The van der Waals surface area contributed by atoms with E-state index in [1.165, 1.54) is 10.0 Å². The van der Waals surface area contributed by atoms with E-state index in [9.17, 15) is 0 Å². The molecule has 1 unspecified atom stereocenters. The van der Waals surface area contributed by atoms with Crippen LogP contribution in [-0.4, -0.2) is 12.1 Å². The van der Waals surface area contributed by atoms with Crippen molar-refractivity contribution in [2.24, 2.45) is 0 Å². The van der Waals surface area contributed by atoms with Gasteiger partial charge in [-0.15, -0.1) is 0 Å². The summed E-state index contributed by atoms with van der Waals surface area (Å²) in [5, 5.41) is 3.53. The monoisotopic (exact) mass is 269 g/mol. The minimum Gasteiger partial charge on any atom is -0.311 e. The molecule has 0 radical (unpaired) electrons. The van der Waals surface area contributed by atoms with Crippen LogP contribution in [0.2, 0.25) is 0 Å². The van der Waals surface area contributed by atoms with Crippen LogP contribution in [-0.2, 0) is 0 Å². The molecule has 1 aromatic rings. The van der Waals surface area contributed by atoms with Crippen molar-refractivity contribution in [2.45, 2.75) is 39.2 Å². The molecular formula is C13H20BrN. The molecule has 0 bridgehead atoms. The fourth-order valence-corrected chi connectivity index (χ4v) is 2.12. The molecule has 15 heavy (non-hydrogen) atoms. The third-order valence-corrected chi connectivity index (χ3v) is 3.10. The molecule has 1 rings (SSSR count). The van der Waals surface area contributed by atoms with Crippen molar-refractivity contribution in [3.63, 3.8) is 0 Å². The zero-order valence-corrected chi connectivity index (χ0v) is 11.6. The van der Waals surface area contributed by atoms with E-state index < -0.39 is 0 Å². The first-order chi connectivity index (χ1) is 6.90. The number of halogens is 1. The zero-order valence-electron chi connectivity index (χ0n) is 9.97. The fourth-order valence-electron chi connectivity index (χ4n) is 1.44. The first-order valence-corrected chi connectivity index (χ1v) is 6.19. The average Bonchev–Trinajstić information content (AvgIpc) is 2.14. The van der Waals surface area contributed by atoms with Crippen molar-refractivity contribution in [1.82, 2.24) is 5.32 Å². The molecule has 0 aliphatic heterocycles. The van der Waals surface area contributed by atoms with Gasteiger partial charge in [0.25, 0.3) is 0 Å². The Hall–Kier alpha value is -0.340. The normalized spacial score (nSPS) is 13.9. The summed E-state index contributed by atoms with van der Waals surface area (Å²) in [4.78, 5) is 0. The van der Waals surface area contributed by atoms with E-state index in [2.05, 4.69) is 73.2 Å². The van der Waals surface area contributed by atoms with Gasteiger partial charge in [-0.1, -0.05) is 41.1 Å². The molecule has 0 amide bonds. The van der Waals surface area contributed by atoms with Crippen molar-refractivity contribution in [3.8, 4) is 0 Å². The van der Waals surface area contributed by atoms with Gasteiger partial charge in [-0.2, -0.15) is 0 Å². The predicted molar refractivity (Wildman–Crippen MR) is 70.3 cm³/mol. The van der Waals surface area contributed by atoms with Gasteiger partial charge in [-0.3, -0.25) is 0 Å². The summed E-state index contributed by atoms with van der Waals surface area (Å²) in [5.74, 6) is 0.528. The molecule has 1 atom stereocenters. The number of hydrogen-bond donors (Lipinski definition) is 1. The van der Waals surface area contributed by atoms with Gasteiger partial charge in [0.05, 0.1) is 0 Å². The lowest BCUT2D eigenvalue weighted by molar-refractivity contribution is 0.412. The standard InChI is InChI=1S/C13H20BrN/c1-10(9-15-13(2,3)4)11-7-5-6-8-12(11)14/h5-8,10,15H,9H2,1-4H3. The molecule has 2 heteroatoms. The number of rotatable bonds is 3. The lowest BCUT2D eigenvalue weighted by Crippen LogP contribution is -2.38. The van der Waals surface area contributed by atoms with E-state index in [-0.39, 0.29) is 5.54 Å². The van der Waals surface area contributed by atoms with Crippen LogP contribution in [0, 0.1) is 0 Å². The lowest BCUT2D eigenvalue weighted by Gasteiger charge is -2.24. The second-order valence-corrected chi connectivity index (χ2v) is 5.91. The maximum atomic E-state index is 3.59. The smallest absolute Gasteiger partial charge is 0.0210 e. The summed E-state index contributed by atoms with van der Waals surface area (Å²) < 4.78 is 1.20. The fraction of sp³-hybridized carbons (Fsp3) is 0.538. The van der Waals surface area contributed by atoms with Crippen LogP contribution in [0.25, 0.3) is 0 Å². The van der Waals surface area contributed by atoms with Crippen molar-refractivity contribution in [3.05, 3.63) is 34.3 Å². The Morgan fingerprint density at radius 1 is 1.27 bits per heavy atom. The van der Waals surface area contributed by atoms with E-state index in [0.717, 1.165) is 6.54 Å². The molecule has 1 nitrogen and oxygen atoms in total. The van der Waals surface area contributed by atoms with Crippen molar-refractivity contribution >= 4 is 15.9 Å². The Bertz CT molecular complexity index is 315. The Morgan fingerprint density at radius 2 is 1.87 bits per heavy atom. The van der Waals surface area contributed by atoms with Gasteiger partial charge in [0.15, 0.2) is 0 Å². The molecule has 0 saturated carbocycles. The molecule has 0 fully saturated rings. The average molecular weight is 270 g/mol. The van der Waals surface area contributed by atoms with Gasteiger partial charge in [-0.25, -0.2) is 0 Å². The molecule has 84 valence electrons. The summed E-state index contributed by atoms with van der Waals surface area (Å²) in [5.41, 5.74) is 1.56. The largest absolute Gasteiger partial charge is 0.311 e. The van der Waals surface area contributed by atoms with Crippen molar-refractivity contribution in [2.75, 3.05) is 6.54 Å². The molecular weight excluding hydrogens is 250 g/mol. The third-order valence-electron chi connectivity index (χ3n) is 2.37. The molecule has 1 N–H and O–H groups in total. The maximum absolute atomic E-state index is 3.59. The highest BCUT2D eigenvalue weighted by atomic mass is 79.9. The summed E-state index contributed by atoms with van der Waals surface area (Å²) in [7, 11) is 0. The molecule has 0 aromatic heterocycles. The minimum absolute atomic E-state index is 0.190. The van der Waals surface area contributed by atoms with E-state index in [1.807, 2.05) is 0 Å². The molecule has 0 saturated heterocycles. The Morgan fingerprint density at radius 3 is 2.40 bits per heavy atom. The van der Waals surface area contributed by atoms with Gasteiger partial charge < -0.3 is 5.32 Å². The van der Waals surface area contributed by atoms with E-state index in [4.69, 9.17) is 0 Å². The third kappa shape index (κ3) is 4.35. The second-order valence-electron chi connectivity index (χ2n) is 5.05. The summed E-state index contributed by atoms with van der Waals surface area (Å²) in [6, 6.07) is 8.42. The van der Waals surface area contributed by atoms with Crippen molar-refractivity contribution in [1.29, 1.82) is 0 Å². The van der Waals surface area contributed by atoms with E-state index in [1.54, 1.807) is 0 Å². The molecule has 0 aliphatic rings. The van der Waals surface area contributed by atoms with Crippen LogP contribution in [0.5, 0.6) is 0 Å². The highest BCUT2D eigenvalue weighted by molar-refractivity contribution is 9.10. The van der Waals surface area contributed by atoms with Crippen LogP contribution in [0.3, 0.4) is 0 Å². The van der Waals surface area contributed by atoms with Crippen LogP contribution >= 0.6 is 15.9 Å². The SMILES string of the molecule is CC(CNC(C)(C)C)c1ccccc1Br. The molecule has 0 heterocycles. The molecule has 0 aliphatic carbocycles. The zero-order chi connectivity index (χ0) is 11.5. The number of nitrogens with one attached hydrogen (secondary N) is 1. The molecule has 1 aromatic carbocycles. The van der Waals surface area contributed by atoms with Gasteiger partial charge >= 0.3 is 0 Å². The lowest BCUT2D eigenvalue weighted by atomic mass is 9.99. The Labute approximate surface area is 101 Å². The maximum Gasteiger partial charge on any atom is 0.0210 e. The Balaban J connectivity index is 2.62. The Kier molecular flexibility index (Phi) is 4.35. The molecule has 0 spiro atoms. The summed E-state index contributed by atoms with van der Waals surface area (Å²) >= 11 is 3.59. The summed E-state index contributed by atoms with van der Waals surface area (Å²) in [6.45, 7) is 9.84. The second kappa shape index (κ2) is 5.13. The quantitative estimate of drug-likeness (QED) is 0.877. The number of benzene rings is 1. The highest BCUT2D eigenvalue weighted by Crippen LogP contribution is 2.24. The highest BCUT2D eigenvalue weighted by Gasteiger charge is 2.13. The first-order valence-electron chi connectivity index (χ1n) is 5.39. The minimum atomic E-state index is 0.190. The van der Waals surface area contributed by atoms with Gasteiger partial charge in [0.1, 0.15) is 0 Å². The van der Waals surface area contributed by atoms with Crippen LogP contribution in [0.4, 0.5) is 0 Å². The van der Waals surface area contributed by atoms with Crippen LogP contribution < -0.4 is 5.32 Å². The van der Waals surface area contributed by atoms with Gasteiger partial charge in [0, 0.05) is 16.6 Å². The first kappa shape index (κ1) is 12.7. The van der Waals surface area contributed by atoms with Gasteiger partial charge in [-0.05, 0) is 38.3 Å². The van der Waals surface area contributed by atoms with E-state index >= 15 is 0 Å². The summed E-state index contributed by atoms with van der Waals surface area (Å²) in [6.07, 6.45) is 0. The topological polar surface area (TPSA) is 12.0 Å². The van der Waals surface area contributed by atoms with Crippen molar-refractivity contribution < 1.29 is 0 Å².